The molecule has 0 saturated heterocycles. The fourth-order valence-corrected chi connectivity index (χ4v) is 1.86. The van der Waals surface area contributed by atoms with E-state index in [2.05, 4.69) is 10.4 Å². The Kier molecular flexibility index (Phi) is 5.20. The van der Waals surface area contributed by atoms with Gasteiger partial charge >= 0.3 is 0 Å². The molecule has 1 amide bonds. The fourth-order valence-electron chi connectivity index (χ4n) is 1.86. The highest BCUT2D eigenvalue weighted by molar-refractivity contribution is 5.78. The van der Waals surface area contributed by atoms with Crippen molar-refractivity contribution in [2.75, 3.05) is 6.54 Å². The van der Waals surface area contributed by atoms with E-state index in [1.54, 1.807) is 24.4 Å². The first-order chi connectivity index (χ1) is 10.1. The van der Waals surface area contributed by atoms with E-state index in [9.17, 15) is 14.0 Å². The number of carbonyl (C=O) groups is 1. The van der Waals surface area contributed by atoms with Gasteiger partial charge in [0, 0.05) is 25.4 Å². The van der Waals surface area contributed by atoms with Crippen molar-refractivity contribution >= 4 is 5.91 Å². The Bertz CT molecular complexity index is 652. The van der Waals surface area contributed by atoms with Gasteiger partial charge in [0.2, 0.25) is 5.91 Å². The largest absolute Gasteiger partial charge is 0.356 e. The van der Waals surface area contributed by atoms with Crippen LogP contribution in [-0.2, 0) is 17.8 Å². The molecule has 110 valence electrons. The molecule has 0 spiro atoms. The molecule has 0 atom stereocenters. The molecule has 1 aromatic heterocycles. The first kappa shape index (κ1) is 14.9. The van der Waals surface area contributed by atoms with Crippen molar-refractivity contribution in [2.45, 2.75) is 19.4 Å². The van der Waals surface area contributed by atoms with Crippen LogP contribution in [-0.4, -0.2) is 22.2 Å². The van der Waals surface area contributed by atoms with Gasteiger partial charge in [0.15, 0.2) is 0 Å². The van der Waals surface area contributed by atoms with E-state index >= 15 is 0 Å². The van der Waals surface area contributed by atoms with E-state index in [4.69, 9.17) is 0 Å². The third-order valence-corrected chi connectivity index (χ3v) is 2.93. The number of rotatable bonds is 6. The van der Waals surface area contributed by atoms with Crippen LogP contribution in [0.5, 0.6) is 0 Å². The molecule has 0 unspecified atom stereocenters. The SMILES string of the molecule is O=C(Cc1ccc(F)cc1)NCCCn1ncccc1=O. The molecule has 0 aliphatic heterocycles. The molecule has 5 nitrogen and oxygen atoms in total. The molecule has 1 N–H and O–H groups in total. The van der Waals surface area contributed by atoms with Crippen molar-refractivity contribution in [1.29, 1.82) is 0 Å². The third-order valence-electron chi connectivity index (χ3n) is 2.93. The Labute approximate surface area is 121 Å². The van der Waals surface area contributed by atoms with Crippen molar-refractivity contribution in [1.82, 2.24) is 15.1 Å². The Morgan fingerprint density at radius 3 is 2.71 bits per heavy atom. The summed E-state index contributed by atoms with van der Waals surface area (Å²) in [6.07, 6.45) is 2.38. The fraction of sp³-hybridized carbons (Fsp3) is 0.267. The van der Waals surface area contributed by atoms with Crippen LogP contribution in [0.25, 0.3) is 0 Å². The van der Waals surface area contributed by atoms with Crippen LogP contribution in [0.1, 0.15) is 12.0 Å². The van der Waals surface area contributed by atoms with Crippen LogP contribution < -0.4 is 10.9 Å². The van der Waals surface area contributed by atoms with Gasteiger partial charge in [-0.15, -0.1) is 0 Å². The number of carbonyl (C=O) groups excluding carboxylic acids is 1. The predicted octanol–water partition coefficient (Wildman–Crippen LogP) is 1.13. The maximum atomic E-state index is 12.7. The number of hydrogen-bond acceptors (Lipinski definition) is 3. The van der Waals surface area contributed by atoms with Crippen molar-refractivity contribution in [3.63, 3.8) is 0 Å². The zero-order valence-electron chi connectivity index (χ0n) is 11.5. The van der Waals surface area contributed by atoms with Gasteiger partial charge in [0.05, 0.1) is 6.42 Å². The Morgan fingerprint density at radius 2 is 2.00 bits per heavy atom. The molecule has 1 heterocycles. The molecule has 0 bridgehead atoms. The molecule has 6 heteroatoms. The summed E-state index contributed by atoms with van der Waals surface area (Å²) < 4.78 is 14.1. The zero-order chi connectivity index (χ0) is 15.1. The molecule has 1 aromatic carbocycles. The lowest BCUT2D eigenvalue weighted by Crippen LogP contribution is -2.28. The number of hydrogen-bond donors (Lipinski definition) is 1. The molecule has 0 aliphatic rings. The number of aromatic nitrogens is 2. The molecule has 0 saturated carbocycles. The lowest BCUT2D eigenvalue weighted by molar-refractivity contribution is -0.120. The molecular formula is C15H16FN3O2. The minimum Gasteiger partial charge on any atom is -0.356 e. The quantitative estimate of drug-likeness (QED) is 0.811. The smallest absolute Gasteiger partial charge is 0.266 e. The van der Waals surface area contributed by atoms with E-state index in [1.807, 2.05) is 0 Å². The number of nitrogens with zero attached hydrogens (tertiary/aromatic N) is 2. The van der Waals surface area contributed by atoms with Gasteiger partial charge in [0.1, 0.15) is 5.82 Å². The monoisotopic (exact) mass is 289 g/mol. The van der Waals surface area contributed by atoms with Gasteiger partial charge in [-0.2, -0.15) is 5.10 Å². The van der Waals surface area contributed by atoms with Crippen LogP contribution in [0.2, 0.25) is 0 Å². The summed E-state index contributed by atoms with van der Waals surface area (Å²) in [7, 11) is 0. The molecule has 21 heavy (non-hydrogen) atoms. The van der Waals surface area contributed by atoms with Crippen molar-refractivity contribution in [3.05, 3.63) is 64.3 Å². The minimum atomic E-state index is -0.319. The summed E-state index contributed by atoms with van der Waals surface area (Å²) in [5, 5.41) is 6.69. The van der Waals surface area contributed by atoms with E-state index in [0.717, 1.165) is 5.56 Å². The van der Waals surface area contributed by atoms with E-state index in [-0.39, 0.29) is 23.7 Å². The second kappa shape index (κ2) is 7.33. The molecule has 0 aliphatic carbocycles. The Balaban J connectivity index is 1.71. The van der Waals surface area contributed by atoms with Crippen molar-refractivity contribution in [2.24, 2.45) is 0 Å². The van der Waals surface area contributed by atoms with E-state index in [1.165, 1.54) is 22.9 Å². The second-order valence-electron chi connectivity index (χ2n) is 4.59. The normalized spacial score (nSPS) is 10.3. The molecule has 2 aromatic rings. The summed E-state index contributed by atoms with van der Waals surface area (Å²) >= 11 is 0. The highest BCUT2D eigenvalue weighted by atomic mass is 19.1. The van der Waals surface area contributed by atoms with Crippen LogP contribution in [0.3, 0.4) is 0 Å². The van der Waals surface area contributed by atoms with Gasteiger partial charge in [-0.05, 0) is 30.2 Å². The number of benzene rings is 1. The summed E-state index contributed by atoms with van der Waals surface area (Å²) in [5.41, 5.74) is 0.602. The van der Waals surface area contributed by atoms with E-state index < -0.39 is 0 Å². The van der Waals surface area contributed by atoms with Crippen molar-refractivity contribution in [3.8, 4) is 0 Å². The summed E-state index contributed by atoms with van der Waals surface area (Å²) in [5.74, 6) is -0.449. The second-order valence-corrected chi connectivity index (χ2v) is 4.59. The number of amides is 1. The molecular weight excluding hydrogens is 273 g/mol. The maximum absolute atomic E-state index is 12.7. The minimum absolute atomic E-state index is 0.130. The summed E-state index contributed by atoms with van der Waals surface area (Å²) in [6, 6.07) is 8.86. The number of halogens is 1. The maximum Gasteiger partial charge on any atom is 0.266 e. The van der Waals surface area contributed by atoms with Gasteiger partial charge in [-0.1, -0.05) is 12.1 Å². The highest BCUT2D eigenvalue weighted by Gasteiger charge is 2.03. The van der Waals surface area contributed by atoms with E-state index in [0.29, 0.717) is 19.5 Å². The van der Waals surface area contributed by atoms with Crippen LogP contribution in [0.4, 0.5) is 4.39 Å². The van der Waals surface area contributed by atoms with Gasteiger partial charge in [-0.25, -0.2) is 9.07 Å². The first-order valence-corrected chi connectivity index (χ1v) is 6.68. The molecule has 2 rings (SSSR count). The van der Waals surface area contributed by atoms with Crippen LogP contribution >= 0.6 is 0 Å². The van der Waals surface area contributed by atoms with Crippen LogP contribution in [0.15, 0.2) is 47.4 Å². The lowest BCUT2D eigenvalue weighted by atomic mass is 10.1. The summed E-state index contributed by atoms with van der Waals surface area (Å²) in [4.78, 5) is 23.1. The molecule has 0 radical (unpaired) electrons. The first-order valence-electron chi connectivity index (χ1n) is 6.68. The third kappa shape index (κ3) is 4.83. The van der Waals surface area contributed by atoms with Crippen LogP contribution in [0, 0.1) is 5.82 Å². The van der Waals surface area contributed by atoms with Gasteiger partial charge < -0.3 is 5.32 Å². The van der Waals surface area contributed by atoms with Gasteiger partial charge in [-0.3, -0.25) is 9.59 Å². The highest BCUT2D eigenvalue weighted by Crippen LogP contribution is 2.03. The zero-order valence-corrected chi connectivity index (χ0v) is 11.5. The Morgan fingerprint density at radius 1 is 1.24 bits per heavy atom. The Hall–Kier alpha value is -2.50. The summed E-state index contributed by atoms with van der Waals surface area (Å²) in [6.45, 7) is 0.916. The van der Waals surface area contributed by atoms with Crippen molar-refractivity contribution < 1.29 is 9.18 Å². The predicted molar refractivity (Wildman–Crippen MR) is 76.2 cm³/mol. The number of nitrogens with one attached hydrogen (secondary N) is 1. The standard InChI is InChI=1S/C15H16FN3O2/c16-13-6-4-12(5-7-13)11-14(20)17-8-2-10-19-15(21)3-1-9-18-19/h1,3-7,9H,2,8,10-11H2,(H,17,20). The average molecular weight is 289 g/mol. The lowest BCUT2D eigenvalue weighted by Gasteiger charge is -2.06. The molecule has 0 fully saturated rings. The van der Waals surface area contributed by atoms with Gasteiger partial charge in [0.25, 0.3) is 5.56 Å². The topological polar surface area (TPSA) is 64.0 Å². The number of aryl methyl sites for hydroxylation is 1. The average Bonchev–Trinajstić information content (AvgIpc) is 2.48.